The minimum atomic E-state index is 0. The summed E-state index contributed by atoms with van der Waals surface area (Å²) in [4.78, 5) is 0. The molecule has 3 heteroatoms. The topological polar surface area (TPSA) is 29.5 Å². The number of aliphatic hydroxyl groups is 1. The van der Waals surface area contributed by atoms with Crippen molar-refractivity contribution in [1.82, 2.24) is 0 Å². The van der Waals surface area contributed by atoms with E-state index in [-0.39, 0.29) is 33.6 Å². The Kier molecular flexibility index (Phi) is 40.0. The van der Waals surface area contributed by atoms with Gasteiger partial charge in [-0.25, -0.2) is 0 Å². The number of hydrogen-bond acceptors (Lipinski definition) is 2. The van der Waals surface area contributed by atoms with Crippen molar-refractivity contribution in [2.24, 2.45) is 5.92 Å². The standard InChI is InChI=1S/C8H15.C2H6O.CH4O.CH3.Zr/c1-2-5-8-6-3-4-7-8;1-3-2;1-2;;/h8H,1-7H2;1-2H3;2H,1H3;1H3;/q-1;;;-1;+2. The molecule has 0 aromatic carbocycles. The van der Waals surface area contributed by atoms with Crippen molar-refractivity contribution in [3.05, 3.63) is 14.4 Å². The average Bonchev–Trinajstić information content (AvgIpc) is 2.63. The van der Waals surface area contributed by atoms with Gasteiger partial charge in [0.1, 0.15) is 0 Å². The number of methoxy groups -OCH3 is 1. The molecule has 0 saturated heterocycles. The van der Waals surface area contributed by atoms with E-state index in [9.17, 15) is 0 Å². The molecular weight excluding hydrogens is 267 g/mol. The Labute approximate surface area is 116 Å². The fourth-order valence-electron chi connectivity index (χ4n) is 1.59. The van der Waals surface area contributed by atoms with Crippen LogP contribution >= 0.6 is 0 Å². The van der Waals surface area contributed by atoms with Crippen LogP contribution in [0.2, 0.25) is 0 Å². The summed E-state index contributed by atoms with van der Waals surface area (Å²) in [6, 6.07) is 0. The predicted molar refractivity (Wildman–Crippen MR) is 64.0 cm³/mol. The molecule has 0 unspecified atom stereocenters. The van der Waals surface area contributed by atoms with E-state index in [4.69, 9.17) is 5.11 Å². The Morgan fingerprint density at radius 3 is 1.80 bits per heavy atom. The molecule has 0 heterocycles. The molecule has 1 aliphatic rings. The molecule has 0 spiro atoms. The van der Waals surface area contributed by atoms with E-state index in [0.29, 0.717) is 0 Å². The van der Waals surface area contributed by atoms with Crippen molar-refractivity contribution in [1.29, 1.82) is 0 Å². The molecule has 0 atom stereocenters. The first-order valence-corrected chi connectivity index (χ1v) is 4.99. The van der Waals surface area contributed by atoms with E-state index in [1.807, 2.05) is 0 Å². The van der Waals surface area contributed by atoms with Gasteiger partial charge < -0.3 is 24.2 Å². The molecule has 0 aromatic rings. The molecule has 1 N–H and O–H groups in total. The van der Waals surface area contributed by atoms with Crippen molar-refractivity contribution in [3.8, 4) is 0 Å². The van der Waals surface area contributed by atoms with Gasteiger partial charge in [-0.2, -0.15) is 6.42 Å². The van der Waals surface area contributed by atoms with E-state index in [1.54, 1.807) is 14.2 Å². The van der Waals surface area contributed by atoms with Gasteiger partial charge in [-0.3, -0.25) is 0 Å². The van der Waals surface area contributed by atoms with E-state index >= 15 is 0 Å². The zero-order valence-corrected chi connectivity index (χ0v) is 13.3. The van der Waals surface area contributed by atoms with Crippen LogP contribution in [-0.4, -0.2) is 26.4 Å². The SMILES string of the molecule is CO.COC.[CH2-]CCC1CCCC1.[CH3-].[Zr+2]. The summed E-state index contributed by atoms with van der Waals surface area (Å²) in [6.45, 7) is 3.85. The van der Waals surface area contributed by atoms with Crippen LogP contribution in [0.1, 0.15) is 38.5 Å². The fraction of sp³-hybridized carbons (Fsp3) is 0.833. The minimum absolute atomic E-state index is 0. The van der Waals surface area contributed by atoms with Gasteiger partial charge in [-0.05, 0) is 5.92 Å². The smallest absolute Gasteiger partial charge is 0.400 e. The van der Waals surface area contributed by atoms with Crippen molar-refractivity contribution in [3.63, 3.8) is 0 Å². The summed E-state index contributed by atoms with van der Waals surface area (Å²) in [5.41, 5.74) is 0. The van der Waals surface area contributed by atoms with Gasteiger partial charge >= 0.3 is 26.2 Å². The summed E-state index contributed by atoms with van der Waals surface area (Å²) >= 11 is 0. The van der Waals surface area contributed by atoms with Crippen LogP contribution in [-0.2, 0) is 30.9 Å². The molecule has 92 valence electrons. The van der Waals surface area contributed by atoms with Crippen LogP contribution in [0, 0.1) is 20.3 Å². The molecule has 1 aliphatic carbocycles. The zero-order chi connectivity index (χ0) is 10.5. The average molecular weight is 296 g/mol. The van der Waals surface area contributed by atoms with Crippen molar-refractivity contribution in [2.75, 3.05) is 21.3 Å². The summed E-state index contributed by atoms with van der Waals surface area (Å²) in [6.07, 6.45) is 8.44. The first kappa shape index (κ1) is 24.9. The van der Waals surface area contributed by atoms with E-state index in [1.165, 1.54) is 32.1 Å². The van der Waals surface area contributed by atoms with Crippen LogP contribution in [0.5, 0.6) is 0 Å². The van der Waals surface area contributed by atoms with Gasteiger partial charge in [-0.15, -0.1) is 0 Å². The minimum Gasteiger partial charge on any atom is -0.400 e. The van der Waals surface area contributed by atoms with Crippen LogP contribution in [0.15, 0.2) is 0 Å². The Morgan fingerprint density at radius 1 is 1.20 bits per heavy atom. The number of hydrogen-bond donors (Lipinski definition) is 1. The quantitative estimate of drug-likeness (QED) is 0.793. The Hall–Kier alpha value is 0.803. The van der Waals surface area contributed by atoms with E-state index < -0.39 is 0 Å². The largest absolute Gasteiger partial charge is 2.00 e. The number of rotatable bonds is 2. The van der Waals surface area contributed by atoms with Crippen LogP contribution in [0.4, 0.5) is 0 Å². The third-order valence-corrected chi connectivity index (χ3v) is 2.09. The van der Waals surface area contributed by atoms with Gasteiger partial charge in [0.2, 0.25) is 0 Å². The summed E-state index contributed by atoms with van der Waals surface area (Å²) in [5, 5.41) is 7.00. The van der Waals surface area contributed by atoms with Crippen LogP contribution < -0.4 is 0 Å². The number of aliphatic hydroxyl groups excluding tert-OH is 1. The van der Waals surface area contributed by atoms with Gasteiger partial charge in [0.15, 0.2) is 0 Å². The molecule has 15 heavy (non-hydrogen) atoms. The molecule has 1 rings (SSSR count). The normalized spacial score (nSPS) is 13.4. The van der Waals surface area contributed by atoms with Crippen molar-refractivity contribution < 1.29 is 36.0 Å². The first-order valence-electron chi connectivity index (χ1n) is 4.99. The monoisotopic (exact) mass is 294 g/mol. The number of ether oxygens (including phenoxy) is 1. The molecule has 0 bridgehead atoms. The second-order valence-corrected chi connectivity index (χ2v) is 3.20. The van der Waals surface area contributed by atoms with Gasteiger partial charge in [0.25, 0.3) is 0 Å². The van der Waals surface area contributed by atoms with E-state index in [0.717, 1.165) is 19.4 Å². The van der Waals surface area contributed by atoms with Crippen LogP contribution in [0.3, 0.4) is 0 Å². The molecule has 1 saturated carbocycles. The summed E-state index contributed by atoms with van der Waals surface area (Å²) < 4.78 is 4.25. The molecule has 0 radical (unpaired) electrons. The summed E-state index contributed by atoms with van der Waals surface area (Å²) in [5.74, 6) is 1.05. The van der Waals surface area contributed by atoms with Crippen molar-refractivity contribution >= 4 is 0 Å². The van der Waals surface area contributed by atoms with Crippen LogP contribution in [0.25, 0.3) is 0 Å². The zero-order valence-electron chi connectivity index (χ0n) is 10.9. The third kappa shape index (κ3) is 20.8. The Bertz CT molecular complexity index is 74.0. The maximum atomic E-state index is 7.00. The van der Waals surface area contributed by atoms with Gasteiger partial charge in [-0.1, -0.05) is 32.1 Å². The fourth-order valence-corrected chi connectivity index (χ4v) is 1.59. The molecule has 0 aromatic heterocycles. The van der Waals surface area contributed by atoms with Gasteiger partial charge in [0, 0.05) is 21.3 Å². The predicted octanol–water partition coefficient (Wildman–Crippen LogP) is 3.11. The second-order valence-electron chi connectivity index (χ2n) is 3.20. The molecular formula is C12H28O2Zr. The van der Waals surface area contributed by atoms with Gasteiger partial charge in [0.05, 0.1) is 0 Å². The third-order valence-electron chi connectivity index (χ3n) is 2.09. The molecule has 1 fully saturated rings. The molecule has 2 nitrogen and oxygen atoms in total. The second kappa shape index (κ2) is 24.2. The molecule has 0 aliphatic heterocycles. The maximum Gasteiger partial charge on any atom is 2.00 e. The maximum absolute atomic E-state index is 7.00. The summed E-state index contributed by atoms with van der Waals surface area (Å²) in [7, 11) is 4.25. The first-order chi connectivity index (χ1) is 6.35. The Balaban J connectivity index is -0.0000000763. The Morgan fingerprint density at radius 2 is 1.53 bits per heavy atom. The van der Waals surface area contributed by atoms with Crippen molar-refractivity contribution in [2.45, 2.75) is 38.5 Å². The van der Waals surface area contributed by atoms with E-state index in [2.05, 4.69) is 11.7 Å². The molecule has 0 amide bonds.